The van der Waals surface area contributed by atoms with E-state index >= 15 is 0 Å². The van der Waals surface area contributed by atoms with E-state index in [1.165, 1.54) is 0 Å². The summed E-state index contributed by atoms with van der Waals surface area (Å²) in [5, 5.41) is 7.87. The van der Waals surface area contributed by atoms with Gasteiger partial charge in [0.15, 0.2) is 17.6 Å². The van der Waals surface area contributed by atoms with Gasteiger partial charge in [0.05, 0.1) is 25.5 Å². The van der Waals surface area contributed by atoms with Crippen LogP contribution in [0.25, 0.3) is 10.8 Å². The maximum absolute atomic E-state index is 12.9. The number of methoxy groups -OCH3 is 2. The second-order valence-electron chi connectivity index (χ2n) is 8.50. The molecule has 7 heteroatoms. The molecule has 0 spiro atoms. The van der Waals surface area contributed by atoms with Crippen molar-refractivity contribution >= 4 is 28.3 Å². The Balaban J connectivity index is 1.36. The van der Waals surface area contributed by atoms with Gasteiger partial charge in [-0.1, -0.05) is 48.5 Å². The number of hydrogen-bond acceptors (Lipinski definition) is 5. The topological polar surface area (TPSA) is 85.9 Å². The van der Waals surface area contributed by atoms with Crippen LogP contribution >= 0.6 is 0 Å². The predicted octanol–water partition coefficient (Wildman–Crippen LogP) is 5.24. The van der Waals surface area contributed by atoms with Crippen LogP contribution in [0, 0.1) is 0 Å². The lowest BCUT2D eigenvalue weighted by Crippen LogP contribution is -2.32. The minimum absolute atomic E-state index is 0.278. The number of carbonyl (C=O) groups excluding carboxylic acids is 2. The highest BCUT2D eigenvalue weighted by molar-refractivity contribution is 6.04. The van der Waals surface area contributed by atoms with Gasteiger partial charge in [0.25, 0.3) is 11.8 Å². The molecular formula is C30H30N2O5. The van der Waals surface area contributed by atoms with E-state index in [1.807, 2.05) is 60.7 Å². The molecule has 1 atom stereocenters. The fourth-order valence-electron chi connectivity index (χ4n) is 3.97. The standard InChI is InChI=1S/C30H30N2O5/c1-20(37-24-14-13-22-8-4-5-9-23(22)19-24)29(33)32-26-11-7-6-10-25(26)30(34)31-17-16-21-12-15-27(35-2)28(18-21)36-3/h4-15,18-20H,16-17H2,1-3H3,(H,31,34)(H,32,33)/t20-/m1/s1. The zero-order valence-electron chi connectivity index (χ0n) is 21.1. The molecule has 190 valence electrons. The fraction of sp³-hybridized carbons (Fsp3) is 0.200. The van der Waals surface area contributed by atoms with E-state index in [2.05, 4.69) is 10.6 Å². The van der Waals surface area contributed by atoms with Crippen molar-refractivity contribution in [3.05, 3.63) is 96.1 Å². The highest BCUT2D eigenvalue weighted by Gasteiger charge is 2.18. The molecule has 4 aromatic carbocycles. The number of ether oxygens (including phenoxy) is 3. The zero-order valence-corrected chi connectivity index (χ0v) is 21.1. The molecule has 2 N–H and O–H groups in total. The van der Waals surface area contributed by atoms with E-state index in [1.54, 1.807) is 45.4 Å². The lowest BCUT2D eigenvalue weighted by molar-refractivity contribution is -0.122. The average molecular weight is 499 g/mol. The molecule has 0 radical (unpaired) electrons. The molecule has 37 heavy (non-hydrogen) atoms. The van der Waals surface area contributed by atoms with Crippen LogP contribution in [-0.2, 0) is 11.2 Å². The van der Waals surface area contributed by atoms with Crippen molar-refractivity contribution in [2.24, 2.45) is 0 Å². The summed E-state index contributed by atoms with van der Waals surface area (Å²) in [5.74, 6) is 1.26. The SMILES string of the molecule is COc1ccc(CCNC(=O)c2ccccc2NC(=O)[C@@H](C)Oc2ccc3ccccc3c2)cc1OC. The first-order valence-electron chi connectivity index (χ1n) is 12.0. The Morgan fingerprint density at radius 1 is 0.811 bits per heavy atom. The van der Waals surface area contributed by atoms with E-state index in [0.29, 0.717) is 41.5 Å². The van der Waals surface area contributed by atoms with Gasteiger partial charge < -0.3 is 24.8 Å². The second-order valence-corrected chi connectivity index (χ2v) is 8.50. The van der Waals surface area contributed by atoms with Gasteiger partial charge >= 0.3 is 0 Å². The number of para-hydroxylation sites is 1. The third kappa shape index (κ3) is 6.38. The van der Waals surface area contributed by atoms with Crippen LogP contribution in [0.1, 0.15) is 22.8 Å². The molecule has 0 aliphatic rings. The maximum Gasteiger partial charge on any atom is 0.265 e. The monoisotopic (exact) mass is 498 g/mol. The summed E-state index contributed by atoms with van der Waals surface area (Å²) in [7, 11) is 3.17. The molecule has 0 aliphatic carbocycles. The van der Waals surface area contributed by atoms with E-state index in [-0.39, 0.29) is 11.8 Å². The Morgan fingerprint density at radius 3 is 2.32 bits per heavy atom. The van der Waals surface area contributed by atoms with Crippen LogP contribution in [0.5, 0.6) is 17.2 Å². The van der Waals surface area contributed by atoms with Gasteiger partial charge in [-0.25, -0.2) is 0 Å². The van der Waals surface area contributed by atoms with Crippen molar-refractivity contribution in [1.82, 2.24) is 5.32 Å². The first kappa shape index (κ1) is 25.6. The van der Waals surface area contributed by atoms with Crippen LogP contribution in [0.15, 0.2) is 84.9 Å². The minimum atomic E-state index is -0.762. The summed E-state index contributed by atoms with van der Waals surface area (Å²) in [6, 6.07) is 26.2. The Labute approximate surface area is 216 Å². The second kappa shape index (κ2) is 11.9. The molecule has 7 nitrogen and oxygen atoms in total. The van der Waals surface area contributed by atoms with Gasteiger partial charge in [0.2, 0.25) is 0 Å². The number of fused-ring (bicyclic) bond motifs is 1. The normalized spacial score (nSPS) is 11.4. The highest BCUT2D eigenvalue weighted by atomic mass is 16.5. The number of amides is 2. The Hall–Kier alpha value is -4.52. The van der Waals surface area contributed by atoms with Crippen LogP contribution in [0.3, 0.4) is 0 Å². The van der Waals surface area contributed by atoms with Gasteiger partial charge in [-0.2, -0.15) is 0 Å². The van der Waals surface area contributed by atoms with Crippen molar-refractivity contribution in [1.29, 1.82) is 0 Å². The quantitative estimate of drug-likeness (QED) is 0.313. The first-order chi connectivity index (χ1) is 18.0. The van der Waals surface area contributed by atoms with E-state index in [4.69, 9.17) is 14.2 Å². The fourth-order valence-corrected chi connectivity index (χ4v) is 3.97. The van der Waals surface area contributed by atoms with Gasteiger partial charge in [0.1, 0.15) is 5.75 Å². The highest BCUT2D eigenvalue weighted by Crippen LogP contribution is 2.27. The maximum atomic E-state index is 12.9. The smallest absolute Gasteiger partial charge is 0.265 e. The molecule has 4 rings (SSSR count). The number of hydrogen-bond donors (Lipinski definition) is 2. The molecule has 0 saturated carbocycles. The van der Waals surface area contributed by atoms with Gasteiger partial charge in [0, 0.05) is 6.54 Å². The van der Waals surface area contributed by atoms with Crippen molar-refractivity contribution in [3.63, 3.8) is 0 Å². The Kier molecular flexibility index (Phi) is 8.26. The molecule has 0 unspecified atom stereocenters. The lowest BCUT2D eigenvalue weighted by atomic mass is 10.1. The largest absolute Gasteiger partial charge is 0.493 e. The van der Waals surface area contributed by atoms with Gasteiger partial charge in [-0.3, -0.25) is 9.59 Å². The third-order valence-corrected chi connectivity index (χ3v) is 5.98. The van der Waals surface area contributed by atoms with Crippen molar-refractivity contribution in [2.75, 3.05) is 26.1 Å². The zero-order chi connectivity index (χ0) is 26.2. The van der Waals surface area contributed by atoms with Crippen LogP contribution in [0.2, 0.25) is 0 Å². The van der Waals surface area contributed by atoms with E-state index < -0.39 is 6.10 Å². The van der Waals surface area contributed by atoms with Gasteiger partial charge in [-0.15, -0.1) is 0 Å². The summed E-state index contributed by atoms with van der Waals surface area (Å²) >= 11 is 0. The molecule has 4 aromatic rings. The Bertz CT molecular complexity index is 1400. The molecular weight excluding hydrogens is 468 g/mol. The number of anilines is 1. The molecule has 0 fully saturated rings. The summed E-state index contributed by atoms with van der Waals surface area (Å²) in [4.78, 5) is 25.8. The third-order valence-electron chi connectivity index (χ3n) is 5.98. The molecule has 0 aromatic heterocycles. The molecule has 0 bridgehead atoms. The number of carbonyl (C=O) groups is 2. The summed E-state index contributed by atoms with van der Waals surface area (Å²) < 4.78 is 16.5. The number of benzene rings is 4. The number of rotatable bonds is 10. The van der Waals surface area contributed by atoms with Crippen LogP contribution < -0.4 is 24.8 Å². The van der Waals surface area contributed by atoms with Crippen molar-refractivity contribution in [3.8, 4) is 17.2 Å². The average Bonchev–Trinajstić information content (AvgIpc) is 2.93. The van der Waals surface area contributed by atoms with Gasteiger partial charge in [-0.05, 0) is 66.1 Å². The van der Waals surface area contributed by atoms with Crippen molar-refractivity contribution < 1.29 is 23.8 Å². The summed E-state index contributed by atoms with van der Waals surface area (Å²) in [6.45, 7) is 2.09. The molecule has 0 heterocycles. The molecule has 0 aliphatic heterocycles. The predicted molar refractivity (Wildman–Crippen MR) is 145 cm³/mol. The van der Waals surface area contributed by atoms with Crippen molar-refractivity contribution in [2.45, 2.75) is 19.4 Å². The summed E-state index contributed by atoms with van der Waals surface area (Å²) in [5.41, 5.74) is 1.80. The van der Waals surface area contributed by atoms with E-state index in [9.17, 15) is 9.59 Å². The van der Waals surface area contributed by atoms with Crippen LogP contribution in [-0.4, -0.2) is 38.7 Å². The van der Waals surface area contributed by atoms with Crippen LogP contribution in [0.4, 0.5) is 5.69 Å². The first-order valence-corrected chi connectivity index (χ1v) is 12.0. The summed E-state index contributed by atoms with van der Waals surface area (Å²) in [6.07, 6.45) is -0.153. The van der Waals surface area contributed by atoms with E-state index in [0.717, 1.165) is 16.3 Å². The molecule has 0 saturated heterocycles. The lowest BCUT2D eigenvalue weighted by Gasteiger charge is -2.17. The Morgan fingerprint density at radius 2 is 1.54 bits per heavy atom. The number of nitrogens with one attached hydrogen (secondary N) is 2. The molecule has 2 amide bonds. The minimum Gasteiger partial charge on any atom is -0.493 e.